The summed E-state index contributed by atoms with van der Waals surface area (Å²) in [6.07, 6.45) is -3.28. The topological polar surface area (TPSA) is 124 Å². The van der Waals surface area contributed by atoms with Crippen LogP contribution in [0.2, 0.25) is 0 Å². The van der Waals surface area contributed by atoms with Crippen molar-refractivity contribution < 1.29 is 32.2 Å². The number of hydrogen-bond donors (Lipinski definition) is 2. The van der Waals surface area contributed by atoms with Gasteiger partial charge in [-0.1, -0.05) is 6.08 Å². The minimum Gasteiger partial charge on any atom is -0.547 e. The molecular formula is C5H7O7S-. The molecule has 0 aliphatic rings. The molecule has 0 radical (unpaired) electrons. The average molecular weight is 211 g/mol. The molecule has 13 heavy (non-hydrogen) atoms. The van der Waals surface area contributed by atoms with Crippen LogP contribution in [0.25, 0.3) is 0 Å². The standard InChI is InChI=1S/C5H8O7S/c1-2-3(4(6)5(7)8)12-13(9,10)11/h2-4,6H,1H2,(H,7,8)(H,9,10,11)/p-1. The molecule has 0 aliphatic carbocycles. The summed E-state index contributed by atoms with van der Waals surface area (Å²) in [5.41, 5.74) is 0. The van der Waals surface area contributed by atoms with Gasteiger partial charge >= 0.3 is 10.4 Å². The van der Waals surface area contributed by atoms with E-state index in [1.807, 2.05) is 0 Å². The maximum absolute atomic E-state index is 10.1. The van der Waals surface area contributed by atoms with E-state index in [4.69, 9.17) is 9.66 Å². The maximum Gasteiger partial charge on any atom is 0.398 e. The zero-order valence-electron chi connectivity index (χ0n) is 6.28. The third-order valence-electron chi connectivity index (χ3n) is 1.02. The number of carboxylic acid groups (broad SMARTS) is 1. The van der Waals surface area contributed by atoms with Gasteiger partial charge in [-0.15, -0.1) is 6.58 Å². The lowest BCUT2D eigenvalue weighted by Crippen LogP contribution is -2.44. The molecule has 0 fully saturated rings. The summed E-state index contributed by atoms with van der Waals surface area (Å²) >= 11 is 0. The van der Waals surface area contributed by atoms with E-state index in [0.717, 1.165) is 0 Å². The van der Waals surface area contributed by atoms with Gasteiger partial charge in [0.1, 0.15) is 12.2 Å². The Morgan fingerprint density at radius 1 is 1.62 bits per heavy atom. The van der Waals surface area contributed by atoms with Gasteiger partial charge in [-0.3, -0.25) is 4.55 Å². The highest BCUT2D eigenvalue weighted by Crippen LogP contribution is 2.03. The smallest absolute Gasteiger partial charge is 0.398 e. The van der Waals surface area contributed by atoms with E-state index in [9.17, 15) is 18.3 Å². The number of aliphatic hydroxyl groups is 1. The molecular weight excluding hydrogens is 204 g/mol. The van der Waals surface area contributed by atoms with Crippen LogP contribution in [0.5, 0.6) is 0 Å². The van der Waals surface area contributed by atoms with Gasteiger partial charge in [0.05, 0.1) is 5.97 Å². The van der Waals surface area contributed by atoms with Gasteiger partial charge in [0.25, 0.3) is 0 Å². The normalized spacial score (nSPS) is 16.2. The van der Waals surface area contributed by atoms with Crippen LogP contribution in [0.1, 0.15) is 0 Å². The molecule has 2 unspecified atom stereocenters. The molecule has 0 aliphatic heterocycles. The summed E-state index contributed by atoms with van der Waals surface area (Å²) in [5, 5.41) is 18.7. The zero-order chi connectivity index (χ0) is 10.6. The van der Waals surface area contributed by atoms with Crippen molar-refractivity contribution in [1.82, 2.24) is 0 Å². The fourth-order valence-electron chi connectivity index (χ4n) is 0.495. The number of carbonyl (C=O) groups is 1. The molecule has 2 N–H and O–H groups in total. The van der Waals surface area contributed by atoms with Crippen molar-refractivity contribution in [1.29, 1.82) is 0 Å². The first kappa shape index (κ1) is 12.0. The molecule has 0 heterocycles. The summed E-state index contributed by atoms with van der Waals surface area (Å²) < 4.78 is 32.1. The van der Waals surface area contributed by atoms with Crippen molar-refractivity contribution >= 4 is 16.4 Å². The predicted molar refractivity (Wildman–Crippen MR) is 37.6 cm³/mol. The molecule has 0 bridgehead atoms. The molecule has 0 saturated heterocycles. The lowest BCUT2D eigenvalue weighted by atomic mass is 10.2. The van der Waals surface area contributed by atoms with E-state index in [-0.39, 0.29) is 0 Å². The van der Waals surface area contributed by atoms with Gasteiger partial charge in [0.15, 0.2) is 0 Å². The van der Waals surface area contributed by atoms with E-state index in [1.54, 1.807) is 0 Å². The van der Waals surface area contributed by atoms with E-state index >= 15 is 0 Å². The van der Waals surface area contributed by atoms with Gasteiger partial charge in [0, 0.05) is 0 Å². The highest BCUT2D eigenvalue weighted by molar-refractivity contribution is 7.80. The fraction of sp³-hybridized carbons (Fsp3) is 0.400. The molecule has 0 aromatic carbocycles. The number of hydrogen-bond acceptors (Lipinski definition) is 6. The number of aliphatic carboxylic acids is 1. The maximum atomic E-state index is 10.1. The second kappa shape index (κ2) is 4.33. The number of aliphatic hydroxyl groups excluding tert-OH is 1. The summed E-state index contributed by atoms with van der Waals surface area (Å²) in [7, 11) is -4.84. The van der Waals surface area contributed by atoms with Gasteiger partial charge in [0.2, 0.25) is 0 Å². The Morgan fingerprint density at radius 3 is 2.31 bits per heavy atom. The second-order valence-corrected chi connectivity index (χ2v) is 3.04. The van der Waals surface area contributed by atoms with Crippen LogP contribution < -0.4 is 5.11 Å². The van der Waals surface area contributed by atoms with Gasteiger partial charge in [-0.25, -0.2) is 4.18 Å². The quantitative estimate of drug-likeness (QED) is 0.379. The third kappa shape index (κ3) is 4.58. The first-order valence-electron chi connectivity index (χ1n) is 2.95. The van der Waals surface area contributed by atoms with Crippen LogP contribution in [0.4, 0.5) is 0 Å². The summed E-state index contributed by atoms with van der Waals surface area (Å²) in [6.45, 7) is 3.00. The van der Waals surface area contributed by atoms with Crippen molar-refractivity contribution in [2.75, 3.05) is 0 Å². The fourth-order valence-corrected chi connectivity index (χ4v) is 0.960. The lowest BCUT2D eigenvalue weighted by Gasteiger charge is -2.18. The molecule has 0 aromatic rings. The minimum atomic E-state index is -4.84. The van der Waals surface area contributed by atoms with Crippen molar-refractivity contribution in [2.24, 2.45) is 0 Å². The van der Waals surface area contributed by atoms with Crippen molar-refractivity contribution in [2.45, 2.75) is 12.2 Å². The average Bonchev–Trinajstić information content (AvgIpc) is 1.97. The first-order chi connectivity index (χ1) is 5.78. The minimum absolute atomic E-state index is 0.703. The third-order valence-corrected chi connectivity index (χ3v) is 1.48. The Kier molecular flexibility index (Phi) is 4.01. The Balaban J connectivity index is 4.54. The van der Waals surface area contributed by atoms with E-state index in [0.29, 0.717) is 6.08 Å². The Morgan fingerprint density at radius 2 is 2.08 bits per heavy atom. The molecule has 8 heteroatoms. The van der Waals surface area contributed by atoms with Gasteiger partial charge in [-0.05, 0) is 0 Å². The largest absolute Gasteiger partial charge is 0.547 e. The molecule has 0 amide bonds. The number of rotatable bonds is 5. The SMILES string of the molecule is C=CC(OS(=O)(=O)O)C(O)C(=O)[O-]. The Hall–Kier alpha value is -0.960. The van der Waals surface area contributed by atoms with Crippen LogP contribution in [-0.2, 0) is 19.4 Å². The molecule has 0 saturated carbocycles. The first-order valence-corrected chi connectivity index (χ1v) is 4.31. The van der Waals surface area contributed by atoms with E-state index in [1.165, 1.54) is 0 Å². The lowest BCUT2D eigenvalue weighted by molar-refractivity contribution is -0.317. The van der Waals surface area contributed by atoms with Crippen molar-refractivity contribution in [3.05, 3.63) is 12.7 Å². The van der Waals surface area contributed by atoms with Crippen LogP contribution in [0, 0.1) is 0 Å². The molecule has 7 nitrogen and oxygen atoms in total. The van der Waals surface area contributed by atoms with Gasteiger partial charge < -0.3 is 15.0 Å². The van der Waals surface area contributed by atoms with Crippen LogP contribution >= 0.6 is 0 Å². The van der Waals surface area contributed by atoms with Crippen LogP contribution in [-0.4, -0.2) is 36.3 Å². The van der Waals surface area contributed by atoms with Crippen molar-refractivity contribution in [3.63, 3.8) is 0 Å². The van der Waals surface area contributed by atoms with E-state index in [2.05, 4.69) is 10.8 Å². The highest BCUT2D eigenvalue weighted by Gasteiger charge is 2.23. The Bertz CT molecular complexity index is 292. The summed E-state index contributed by atoms with van der Waals surface area (Å²) in [6, 6.07) is 0. The van der Waals surface area contributed by atoms with Crippen LogP contribution in [0.3, 0.4) is 0 Å². The second-order valence-electron chi connectivity index (χ2n) is 1.99. The predicted octanol–water partition coefficient (Wildman–Crippen LogP) is -2.53. The van der Waals surface area contributed by atoms with E-state index < -0.39 is 28.6 Å². The number of carbonyl (C=O) groups excluding carboxylic acids is 1. The zero-order valence-corrected chi connectivity index (χ0v) is 7.10. The van der Waals surface area contributed by atoms with Crippen LogP contribution in [0.15, 0.2) is 12.7 Å². The number of carboxylic acids is 1. The molecule has 0 rings (SSSR count). The molecule has 0 aromatic heterocycles. The molecule has 0 spiro atoms. The monoisotopic (exact) mass is 211 g/mol. The molecule has 2 atom stereocenters. The van der Waals surface area contributed by atoms with Gasteiger partial charge in [-0.2, -0.15) is 8.42 Å². The summed E-state index contributed by atoms with van der Waals surface area (Å²) in [4.78, 5) is 10.0. The Labute approximate surface area is 74.2 Å². The molecule has 76 valence electrons. The highest BCUT2D eigenvalue weighted by atomic mass is 32.3. The summed E-state index contributed by atoms with van der Waals surface area (Å²) in [5.74, 6) is -1.94. The van der Waals surface area contributed by atoms with Crippen molar-refractivity contribution in [3.8, 4) is 0 Å².